The Kier molecular flexibility index (Phi) is 3.32. The lowest BCUT2D eigenvalue weighted by Gasteiger charge is -2.39. The van der Waals surface area contributed by atoms with Crippen LogP contribution < -0.4 is 10.6 Å². The highest BCUT2D eigenvalue weighted by Crippen LogP contribution is 2.47. The van der Waals surface area contributed by atoms with Gasteiger partial charge in [-0.25, -0.2) is 0 Å². The first-order valence-electron chi connectivity index (χ1n) is 7.43. The van der Waals surface area contributed by atoms with E-state index in [9.17, 15) is 4.79 Å². The zero-order valence-corrected chi connectivity index (χ0v) is 11.4. The van der Waals surface area contributed by atoms with Crippen molar-refractivity contribution in [2.45, 2.75) is 38.1 Å². The van der Waals surface area contributed by atoms with Crippen LogP contribution in [0.1, 0.15) is 32.1 Å². The van der Waals surface area contributed by atoms with Crippen molar-refractivity contribution in [3.05, 3.63) is 0 Å². The van der Waals surface area contributed by atoms with Gasteiger partial charge in [0.2, 0.25) is 5.91 Å². The molecule has 1 unspecified atom stereocenters. The van der Waals surface area contributed by atoms with Crippen LogP contribution in [0.5, 0.6) is 0 Å². The standard InChI is InChI=1S/C14H25N3O/c1-15-12-5-3-7-17(9-12)13(18)14-6-2-4-11(14)8-16-10-14/h11-12,15-16H,2-10H2,1H3/t11-,12?,14-/m1/s1. The molecule has 3 atom stereocenters. The van der Waals surface area contributed by atoms with Gasteiger partial charge in [-0.1, -0.05) is 6.42 Å². The van der Waals surface area contributed by atoms with Crippen LogP contribution in [-0.2, 0) is 4.79 Å². The Morgan fingerprint density at radius 3 is 3.11 bits per heavy atom. The van der Waals surface area contributed by atoms with Crippen LogP contribution in [0, 0.1) is 11.3 Å². The molecule has 1 amide bonds. The Hall–Kier alpha value is -0.610. The summed E-state index contributed by atoms with van der Waals surface area (Å²) in [6.07, 6.45) is 5.92. The molecule has 0 aromatic rings. The second kappa shape index (κ2) is 4.82. The summed E-state index contributed by atoms with van der Waals surface area (Å²) in [5.41, 5.74) is -0.0460. The summed E-state index contributed by atoms with van der Waals surface area (Å²) >= 11 is 0. The highest BCUT2D eigenvalue weighted by Gasteiger charge is 2.53. The highest BCUT2D eigenvalue weighted by molar-refractivity contribution is 5.84. The summed E-state index contributed by atoms with van der Waals surface area (Å²) in [5.74, 6) is 1.04. The van der Waals surface area contributed by atoms with Crippen molar-refractivity contribution in [1.29, 1.82) is 0 Å². The van der Waals surface area contributed by atoms with Gasteiger partial charge in [0.05, 0.1) is 5.41 Å². The summed E-state index contributed by atoms with van der Waals surface area (Å²) in [6, 6.07) is 0.494. The monoisotopic (exact) mass is 251 g/mol. The third kappa shape index (κ3) is 1.86. The molecule has 0 aromatic carbocycles. The number of amides is 1. The topological polar surface area (TPSA) is 44.4 Å². The van der Waals surface area contributed by atoms with E-state index >= 15 is 0 Å². The summed E-state index contributed by atoms with van der Waals surface area (Å²) in [6.45, 7) is 3.83. The quantitative estimate of drug-likeness (QED) is 0.755. The van der Waals surface area contributed by atoms with Crippen molar-refractivity contribution in [3.63, 3.8) is 0 Å². The average molecular weight is 251 g/mol. The highest BCUT2D eigenvalue weighted by atomic mass is 16.2. The van der Waals surface area contributed by atoms with Crippen molar-refractivity contribution in [2.75, 3.05) is 33.2 Å². The fraction of sp³-hybridized carbons (Fsp3) is 0.929. The van der Waals surface area contributed by atoms with Gasteiger partial charge in [-0.3, -0.25) is 4.79 Å². The second-order valence-electron chi connectivity index (χ2n) is 6.26. The Morgan fingerprint density at radius 2 is 2.28 bits per heavy atom. The van der Waals surface area contributed by atoms with Crippen LogP contribution in [0.25, 0.3) is 0 Å². The molecule has 4 heteroatoms. The van der Waals surface area contributed by atoms with Gasteiger partial charge in [0, 0.05) is 25.7 Å². The smallest absolute Gasteiger partial charge is 0.230 e. The number of hydrogen-bond donors (Lipinski definition) is 2. The van der Waals surface area contributed by atoms with E-state index in [0.717, 1.165) is 39.0 Å². The molecule has 0 aromatic heterocycles. The van der Waals surface area contributed by atoms with Gasteiger partial charge in [-0.15, -0.1) is 0 Å². The van der Waals surface area contributed by atoms with E-state index < -0.39 is 0 Å². The molecule has 2 N–H and O–H groups in total. The van der Waals surface area contributed by atoms with Crippen LogP contribution in [0.3, 0.4) is 0 Å². The van der Waals surface area contributed by atoms with Crippen LogP contribution in [0.2, 0.25) is 0 Å². The van der Waals surface area contributed by atoms with Gasteiger partial charge in [0.15, 0.2) is 0 Å². The number of likely N-dealkylation sites (N-methyl/N-ethyl adjacent to an activating group) is 1. The molecule has 102 valence electrons. The Bertz CT molecular complexity index is 321. The van der Waals surface area contributed by atoms with Gasteiger partial charge in [-0.05, 0) is 45.2 Å². The molecule has 4 nitrogen and oxygen atoms in total. The summed E-state index contributed by atoms with van der Waals surface area (Å²) in [7, 11) is 2.01. The fourth-order valence-corrected chi connectivity index (χ4v) is 4.21. The zero-order valence-electron chi connectivity index (χ0n) is 11.4. The predicted octanol–water partition coefficient (Wildman–Crippen LogP) is 0.587. The van der Waals surface area contributed by atoms with E-state index in [1.165, 1.54) is 19.3 Å². The van der Waals surface area contributed by atoms with Gasteiger partial charge in [0.25, 0.3) is 0 Å². The molecule has 18 heavy (non-hydrogen) atoms. The SMILES string of the molecule is CNC1CCCN(C(=O)[C@@]23CCC[C@@H]2CNC3)C1. The third-order valence-electron chi connectivity index (χ3n) is 5.33. The van der Waals surface area contributed by atoms with E-state index in [1.54, 1.807) is 0 Å². The molecule has 0 bridgehead atoms. The number of rotatable bonds is 2. The summed E-state index contributed by atoms with van der Waals surface area (Å²) in [5, 5.41) is 6.77. The third-order valence-corrected chi connectivity index (χ3v) is 5.33. The van der Waals surface area contributed by atoms with Crippen LogP contribution in [0.4, 0.5) is 0 Å². The van der Waals surface area contributed by atoms with E-state index in [-0.39, 0.29) is 5.41 Å². The minimum absolute atomic E-state index is 0.0460. The molecule has 0 spiro atoms. The molecular weight excluding hydrogens is 226 g/mol. The van der Waals surface area contributed by atoms with Gasteiger partial charge >= 0.3 is 0 Å². The molecule has 1 saturated carbocycles. The maximum Gasteiger partial charge on any atom is 0.230 e. The van der Waals surface area contributed by atoms with Crippen LogP contribution in [-0.4, -0.2) is 50.1 Å². The van der Waals surface area contributed by atoms with Crippen LogP contribution in [0.15, 0.2) is 0 Å². The first-order chi connectivity index (χ1) is 8.76. The number of piperidine rings is 1. The predicted molar refractivity (Wildman–Crippen MR) is 71.3 cm³/mol. The largest absolute Gasteiger partial charge is 0.341 e. The minimum Gasteiger partial charge on any atom is -0.341 e. The molecule has 2 saturated heterocycles. The first-order valence-corrected chi connectivity index (χ1v) is 7.43. The van der Waals surface area contributed by atoms with E-state index in [0.29, 0.717) is 17.9 Å². The Morgan fingerprint density at radius 1 is 1.39 bits per heavy atom. The lowest BCUT2D eigenvalue weighted by atomic mass is 9.79. The number of nitrogens with one attached hydrogen (secondary N) is 2. The van der Waals surface area contributed by atoms with Gasteiger partial charge in [0.1, 0.15) is 0 Å². The molecule has 3 aliphatic rings. The lowest BCUT2D eigenvalue weighted by Crippen LogP contribution is -2.53. The van der Waals surface area contributed by atoms with Crippen molar-refractivity contribution in [2.24, 2.45) is 11.3 Å². The fourth-order valence-electron chi connectivity index (χ4n) is 4.21. The van der Waals surface area contributed by atoms with Crippen molar-refractivity contribution in [1.82, 2.24) is 15.5 Å². The Labute approximate surface area is 109 Å². The van der Waals surface area contributed by atoms with Crippen LogP contribution >= 0.6 is 0 Å². The number of nitrogens with zero attached hydrogens (tertiary/aromatic N) is 1. The number of likely N-dealkylation sites (tertiary alicyclic amines) is 1. The molecule has 3 rings (SSSR count). The van der Waals surface area contributed by atoms with E-state index in [1.807, 2.05) is 7.05 Å². The molecule has 2 aliphatic heterocycles. The van der Waals surface area contributed by atoms with Gasteiger partial charge in [-0.2, -0.15) is 0 Å². The zero-order chi connectivity index (χ0) is 12.6. The lowest BCUT2D eigenvalue weighted by molar-refractivity contribution is -0.143. The summed E-state index contributed by atoms with van der Waals surface area (Å²) < 4.78 is 0. The normalized spacial score (nSPS) is 39.9. The average Bonchev–Trinajstić information content (AvgIpc) is 2.98. The maximum absolute atomic E-state index is 12.9. The minimum atomic E-state index is -0.0460. The molecule has 0 radical (unpaired) electrons. The molecule has 3 fully saturated rings. The molecule has 2 heterocycles. The number of fused-ring (bicyclic) bond motifs is 1. The van der Waals surface area contributed by atoms with Gasteiger partial charge < -0.3 is 15.5 Å². The van der Waals surface area contributed by atoms with Crippen molar-refractivity contribution >= 4 is 5.91 Å². The maximum atomic E-state index is 12.9. The van der Waals surface area contributed by atoms with E-state index in [2.05, 4.69) is 15.5 Å². The number of hydrogen-bond acceptors (Lipinski definition) is 3. The second-order valence-corrected chi connectivity index (χ2v) is 6.26. The number of carbonyl (C=O) groups is 1. The van der Waals surface area contributed by atoms with E-state index in [4.69, 9.17) is 0 Å². The first kappa shape index (κ1) is 12.4. The molecule has 1 aliphatic carbocycles. The molecular formula is C14H25N3O. The van der Waals surface area contributed by atoms with Crippen molar-refractivity contribution < 1.29 is 4.79 Å². The Balaban J connectivity index is 1.73. The van der Waals surface area contributed by atoms with Crippen molar-refractivity contribution in [3.8, 4) is 0 Å². The number of carbonyl (C=O) groups excluding carboxylic acids is 1. The summed E-state index contributed by atoms with van der Waals surface area (Å²) in [4.78, 5) is 15.1.